The lowest BCUT2D eigenvalue weighted by Gasteiger charge is -2.61. The monoisotopic (exact) mass is 643 g/mol. The van der Waals surface area contributed by atoms with E-state index in [9.17, 15) is 37.5 Å². The fourth-order valence-corrected chi connectivity index (χ4v) is 6.59. The van der Waals surface area contributed by atoms with Crippen molar-refractivity contribution in [2.75, 3.05) is 20.7 Å². The van der Waals surface area contributed by atoms with Gasteiger partial charge in [0.1, 0.15) is 5.76 Å². The van der Waals surface area contributed by atoms with Crippen molar-refractivity contribution in [1.82, 2.24) is 4.90 Å². The molecule has 1 aromatic carbocycles. The summed E-state index contributed by atoms with van der Waals surface area (Å²) in [6, 6.07) is 3.62. The predicted octanol–water partition coefficient (Wildman–Crippen LogP) is 1.60. The van der Waals surface area contributed by atoms with Crippen LogP contribution in [-0.2, 0) is 50.0 Å². The number of nitrogens with zero attached hydrogens (tertiary/aromatic N) is 1. The number of ether oxygens (including phenoxy) is 5. The zero-order chi connectivity index (χ0) is 33.5. The summed E-state index contributed by atoms with van der Waals surface area (Å²) >= 11 is 0. The van der Waals surface area contributed by atoms with Gasteiger partial charge < -0.3 is 38.8 Å². The average Bonchev–Trinajstić information content (AvgIpc) is 3.31. The van der Waals surface area contributed by atoms with Crippen LogP contribution in [0.4, 0.5) is 13.2 Å². The van der Waals surface area contributed by atoms with Gasteiger partial charge in [-0.15, -0.1) is 0 Å². The third-order valence-corrected chi connectivity index (χ3v) is 8.49. The number of esters is 3. The highest BCUT2D eigenvalue weighted by Crippen LogP contribution is 2.65. The zero-order valence-electron chi connectivity index (χ0n) is 24.7. The molecule has 16 heteroatoms. The second kappa shape index (κ2) is 12.3. The third kappa shape index (κ3) is 6.08. The van der Waals surface area contributed by atoms with E-state index >= 15 is 0 Å². The van der Waals surface area contributed by atoms with Gasteiger partial charge in [-0.2, -0.15) is 13.2 Å². The van der Waals surface area contributed by atoms with E-state index in [1.165, 1.54) is 7.11 Å². The normalized spacial score (nSPS) is 27.2. The van der Waals surface area contributed by atoms with Crippen LogP contribution in [0.5, 0.6) is 11.5 Å². The lowest BCUT2D eigenvalue weighted by Crippen LogP contribution is -2.74. The lowest BCUT2D eigenvalue weighted by molar-refractivity contribution is -0.179. The van der Waals surface area contributed by atoms with Crippen LogP contribution in [0.2, 0.25) is 0 Å². The minimum absolute atomic E-state index is 0.174. The molecule has 2 heterocycles. The van der Waals surface area contributed by atoms with E-state index in [-0.39, 0.29) is 18.2 Å². The van der Waals surface area contributed by atoms with Crippen LogP contribution >= 0.6 is 0 Å². The largest absolute Gasteiger partial charge is 0.493 e. The number of carbonyl (C=O) groups is 5. The van der Waals surface area contributed by atoms with Crippen LogP contribution in [0.25, 0.3) is 0 Å². The standard InChI is InChI=1S/C27H31NO11.C2HF3O/c1-13(24(31)32)36-25(33)18(37-14(2)29)12-20(30)38-17-7-8-27(34)19-11-15-5-6-16(35-4)22-21(15)26(27,23(17)39-22)9-10-28(19)3;3-2(4,5)1-6/h5-7,13,18-19,23,34H,8-12H2,1-4H3,(H,31,32);1H/t13-,18-,19+,23-,26-,27+;/m0./s1. The summed E-state index contributed by atoms with van der Waals surface area (Å²) in [6.07, 6.45) is -7.47. The Morgan fingerprint density at radius 1 is 1.22 bits per heavy atom. The van der Waals surface area contributed by atoms with Gasteiger partial charge >= 0.3 is 30.1 Å². The van der Waals surface area contributed by atoms with E-state index in [4.69, 9.17) is 33.6 Å². The minimum Gasteiger partial charge on any atom is -0.493 e. The molecule has 0 unspecified atom stereocenters. The smallest absolute Gasteiger partial charge is 0.446 e. The van der Waals surface area contributed by atoms with Gasteiger partial charge in [0.25, 0.3) is 0 Å². The van der Waals surface area contributed by atoms with Crippen molar-refractivity contribution >= 4 is 30.2 Å². The molecule has 1 saturated heterocycles. The topological polar surface area (TPSA) is 175 Å². The van der Waals surface area contributed by atoms with Crippen molar-refractivity contribution in [3.8, 4) is 11.5 Å². The number of halogens is 3. The highest BCUT2D eigenvalue weighted by molar-refractivity contribution is 5.86. The number of likely N-dealkylation sites (tertiary alicyclic amines) is 1. The van der Waals surface area contributed by atoms with Crippen LogP contribution < -0.4 is 9.47 Å². The molecule has 2 aliphatic carbocycles. The Morgan fingerprint density at radius 3 is 2.47 bits per heavy atom. The van der Waals surface area contributed by atoms with Crippen molar-refractivity contribution in [2.45, 2.75) is 81.1 Å². The molecule has 45 heavy (non-hydrogen) atoms. The number of hydrogen-bond donors (Lipinski definition) is 2. The number of methoxy groups -OCH3 is 1. The van der Waals surface area contributed by atoms with Gasteiger partial charge in [0.15, 0.2) is 23.7 Å². The van der Waals surface area contributed by atoms with E-state index in [0.717, 1.165) is 25.0 Å². The average molecular weight is 644 g/mol. The number of rotatable bonds is 8. The molecule has 4 aliphatic rings. The Hall–Kier alpha value is -4.18. The van der Waals surface area contributed by atoms with E-state index in [0.29, 0.717) is 30.9 Å². The number of carboxylic acid groups (broad SMARTS) is 1. The molecule has 13 nitrogen and oxygen atoms in total. The van der Waals surface area contributed by atoms with Crippen molar-refractivity contribution in [1.29, 1.82) is 0 Å². The van der Waals surface area contributed by atoms with E-state index in [1.807, 2.05) is 19.2 Å². The predicted molar refractivity (Wildman–Crippen MR) is 143 cm³/mol. The number of carboxylic acids is 1. The number of benzene rings is 1. The molecule has 1 spiro atoms. The summed E-state index contributed by atoms with van der Waals surface area (Å²) in [6.45, 7) is 2.86. The first kappa shape index (κ1) is 33.7. The second-order valence-corrected chi connectivity index (χ2v) is 11.1. The molecule has 0 saturated carbocycles. The summed E-state index contributed by atoms with van der Waals surface area (Å²) in [5.41, 5.74) is -0.184. The maximum Gasteiger partial charge on any atom is 0.446 e. The molecule has 0 amide bonds. The van der Waals surface area contributed by atoms with Crippen molar-refractivity contribution in [3.05, 3.63) is 35.1 Å². The third-order valence-electron chi connectivity index (χ3n) is 8.49. The summed E-state index contributed by atoms with van der Waals surface area (Å²) in [4.78, 5) is 59.0. The molecule has 0 radical (unpaired) electrons. The Morgan fingerprint density at radius 2 is 1.89 bits per heavy atom. The highest BCUT2D eigenvalue weighted by Gasteiger charge is 2.72. The summed E-state index contributed by atoms with van der Waals surface area (Å²) in [7, 11) is 3.51. The number of hydrogen-bond acceptors (Lipinski definition) is 12. The van der Waals surface area contributed by atoms with Crippen LogP contribution in [0, 0.1) is 0 Å². The number of aldehydes is 1. The maximum absolute atomic E-state index is 13.0. The molecule has 5 rings (SSSR count). The molecule has 2 aliphatic heterocycles. The van der Waals surface area contributed by atoms with Crippen LogP contribution in [-0.4, -0.2) is 102 Å². The van der Waals surface area contributed by atoms with Gasteiger partial charge in [-0.25, -0.2) is 9.59 Å². The van der Waals surface area contributed by atoms with E-state index < -0.39 is 72.1 Å². The molecular formula is C29H32F3NO12. The van der Waals surface area contributed by atoms with Crippen LogP contribution in [0.15, 0.2) is 24.0 Å². The number of alkyl halides is 3. The van der Waals surface area contributed by atoms with Gasteiger partial charge in [-0.3, -0.25) is 14.4 Å². The molecule has 0 aromatic heterocycles. The Kier molecular flexibility index (Phi) is 9.22. The van der Waals surface area contributed by atoms with Gasteiger partial charge in [0, 0.05) is 24.9 Å². The van der Waals surface area contributed by atoms with Crippen LogP contribution in [0.3, 0.4) is 0 Å². The number of piperidine rings is 1. The van der Waals surface area contributed by atoms with Gasteiger partial charge in [0.05, 0.1) is 24.5 Å². The van der Waals surface area contributed by atoms with Gasteiger partial charge in [-0.1, -0.05) is 6.07 Å². The Labute approximate surface area is 254 Å². The number of likely N-dealkylation sites (N-methyl/N-ethyl adjacent to an activating group) is 1. The number of aliphatic hydroxyl groups is 1. The van der Waals surface area contributed by atoms with Gasteiger partial charge in [0.2, 0.25) is 12.4 Å². The SMILES string of the molecule is COc1ccc2c3c1O[C@H]1C(OC(=O)C[C@H](OC(C)=O)C(=O)O[C@@H](C)C(=O)O)=CC[C@@]4(O)[C@@H](C2)N(C)CC[C@]314.O=CC(F)(F)F. The molecule has 1 fully saturated rings. The molecule has 246 valence electrons. The molecule has 1 aromatic rings. The fourth-order valence-electron chi connectivity index (χ4n) is 6.59. The van der Waals surface area contributed by atoms with Crippen molar-refractivity contribution in [2.24, 2.45) is 0 Å². The summed E-state index contributed by atoms with van der Waals surface area (Å²) in [5, 5.41) is 21.2. The Balaban J connectivity index is 0.000000700. The molecular weight excluding hydrogens is 611 g/mol. The highest BCUT2D eigenvalue weighted by atomic mass is 19.4. The molecule has 2 bridgehead atoms. The summed E-state index contributed by atoms with van der Waals surface area (Å²) in [5.74, 6) is -3.17. The minimum atomic E-state index is -4.64. The number of carbonyl (C=O) groups excluding carboxylic acids is 4. The maximum atomic E-state index is 13.0. The first-order valence-corrected chi connectivity index (χ1v) is 13.8. The van der Waals surface area contributed by atoms with Gasteiger partial charge in [-0.05, 0) is 51.1 Å². The fraction of sp³-hybridized carbons (Fsp3) is 0.552. The molecule has 6 atom stereocenters. The van der Waals surface area contributed by atoms with Crippen molar-refractivity contribution in [3.63, 3.8) is 0 Å². The lowest BCUT2D eigenvalue weighted by atomic mass is 9.50. The number of aliphatic carboxylic acids is 1. The van der Waals surface area contributed by atoms with Crippen molar-refractivity contribution < 1.29 is 71.0 Å². The second-order valence-electron chi connectivity index (χ2n) is 11.1. The van der Waals surface area contributed by atoms with E-state index in [2.05, 4.69) is 4.90 Å². The quantitative estimate of drug-likeness (QED) is 0.238. The van der Waals surface area contributed by atoms with E-state index in [1.54, 1.807) is 6.08 Å². The first-order chi connectivity index (χ1) is 21.0. The zero-order valence-corrected chi connectivity index (χ0v) is 24.7. The molecule has 2 N–H and O–H groups in total. The van der Waals surface area contributed by atoms with Crippen LogP contribution in [0.1, 0.15) is 44.2 Å². The first-order valence-electron chi connectivity index (χ1n) is 13.8. The Bertz CT molecular complexity index is 1430. The summed E-state index contributed by atoms with van der Waals surface area (Å²) < 4.78 is 58.7.